The van der Waals surface area contributed by atoms with Crippen molar-refractivity contribution in [2.24, 2.45) is 5.92 Å². The van der Waals surface area contributed by atoms with E-state index in [-0.39, 0.29) is 29.6 Å². The van der Waals surface area contributed by atoms with E-state index < -0.39 is 0 Å². The summed E-state index contributed by atoms with van der Waals surface area (Å²) in [6, 6.07) is 10.7. The molecule has 2 N–H and O–H groups in total. The van der Waals surface area contributed by atoms with Crippen LogP contribution in [-0.2, 0) is 10.2 Å². The smallest absolute Gasteiger partial charge is 0.223 e. The van der Waals surface area contributed by atoms with Gasteiger partial charge in [-0.25, -0.2) is 0 Å². The van der Waals surface area contributed by atoms with Crippen molar-refractivity contribution >= 4 is 18.3 Å². The number of carbonyl (C=O) groups is 1. The Labute approximate surface area is 139 Å². The Bertz CT molecular complexity index is 465. The van der Waals surface area contributed by atoms with Crippen LogP contribution in [0.25, 0.3) is 0 Å². The van der Waals surface area contributed by atoms with E-state index in [0.717, 1.165) is 32.5 Å². The van der Waals surface area contributed by atoms with E-state index >= 15 is 0 Å². The molecular formula is C18H27ClN2O. The van der Waals surface area contributed by atoms with Gasteiger partial charge >= 0.3 is 0 Å². The minimum absolute atomic E-state index is 0. The summed E-state index contributed by atoms with van der Waals surface area (Å²) in [5.74, 6) is 0.471. The molecule has 22 heavy (non-hydrogen) atoms. The molecule has 0 radical (unpaired) electrons. The summed E-state index contributed by atoms with van der Waals surface area (Å²) >= 11 is 0. The molecular weight excluding hydrogens is 296 g/mol. The third-order valence-electron chi connectivity index (χ3n) is 5.26. The molecule has 1 aliphatic heterocycles. The van der Waals surface area contributed by atoms with E-state index in [1.165, 1.54) is 31.2 Å². The number of hydrogen-bond acceptors (Lipinski definition) is 2. The van der Waals surface area contributed by atoms with Crippen LogP contribution in [0.3, 0.4) is 0 Å². The minimum atomic E-state index is 0. The average Bonchev–Trinajstić information content (AvgIpc) is 3.04. The van der Waals surface area contributed by atoms with Crippen molar-refractivity contribution in [2.45, 2.75) is 43.9 Å². The molecule has 4 heteroatoms. The largest absolute Gasteiger partial charge is 0.355 e. The summed E-state index contributed by atoms with van der Waals surface area (Å²) in [5, 5.41) is 6.59. The van der Waals surface area contributed by atoms with Gasteiger partial charge in [-0.15, -0.1) is 12.4 Å². The van der Waals surface area contributed by atoms with E-state index in [9.17, 15) is 4.79 Å². The third-order valence-corrected chi connectivity index (χ3v) is 5.26. The number of amides is 1. The van der Waals surface area contributed by atoms with Crippen LogP contribution in [0.15, 0.2) is 30.3 Å². The van der Waals surface area contributed by atoms with E-state index in [0.29, 0.717) is 0 Å². The number of halogens is 1. The highest BCUT2D eigenvalue weighted by Gasteiger charge is 2.36. The molecule has 1 aromatic rings. The van der Waals surface area contributed by atoms with Crippen LogP contribution < -0.4 is 10.6 Å². The van der Waals surface area contributed by atoms with Gasteiger partial charge in [-0.05, 0) is 44.3 Å². The Morgan fingerprint density at radius 2 is 1.77 bits per heavy atom. The fraction of sp³-hybridized carbons (Fsp3) is 0.611. The Hall–Kier alpha value is -1.06. The molecule has 122 valence electrons. The lowest BCUT2D eigenvalue weighted by Gasteiger charge is -2.31. The predicted octanol–water partition coefficient (Wildman–Crippen LogP) is 3.04. The molecule has 1 saturated heterocycles. The van der Waals surface area contributed by atoms with Gasteiger partial charge in [0.05, 0.1) is 0 Å². The first-order chi connectivity index (χ1) is 10.3. The number of hydrogen-bond donors (Lipinski definition) is 2. The standard InChI is InChI=1S/C18H26N2O.ClH/c21-17(15-8-12-19-13-9-15)20-14-18(10-4-5-11-18)16-6-2-1-3-7-16;/h1-3,6-7,15,19H,4-5,8-14H2,(H,20,21);1H. The van der Waals surface area contributed by atoms with Gasteiger partial charge in [0, 0.05) is 17.9 Å². The van der Waals surface area contributed by atoms with Crippen LogP contribution in [-0.4, -0.2) is 25.5 Å². The average molecular weight is 323 g/mol. The molecule has 1 aliphatic carbocycles. The SMILES string of the molecule is Cl.O=C(NCC1(c2ccccc2)CCCC1)C1CCNCC1. The molecule has 1 heterocycles. The van der Waals surface area contributed by atoms with E-state index in [1.54, 1.807) is 0 Å². The molecule has 2 aliphatic rings. The summed E-state index contributed by atoms with van der Waals surface area (Å²) in [6.07, 6.45) is 6.90. The number of benzene rings is 1. The first kappa shape index (κ1) is 17.3. The van der Waals surface area contributed by atoms with Crippen molar-refractivity contribution in [3.63, 3.8) is 0 Å². The van der Waals surface area contributed by atoms with Gasteiger partial charge in [0.25, 0.3) is 0 Å². The Morgan fingerprint density at radius 1 is 1.14 bits per heavy atom. The zero-order chi connectivity index (χ0) is 14.5. The van der Waals surface area contributed by atoms with Crippen LogP contribution in [0, 0.1) is 5.92 Å². The topological polar surface area (TPSA) is 41.1 Å². The molecule has 1 aromatic carbocycles. The molecule has 3 rings (SSSR count). The van der Waals surface area contributed by atoms with Crippen molar-refractivity contribution in [1.29, 1.82) is 0 Å². The van der Waals surface area contributed by atoms with Gasteiger partial charge in [0.1, 0.15) is 0 Å². The second-order valence-electron chi connectivity index (χ2n) is 6.60. The Morgan fingerprint density at radius 3 is 2.41 bits per heavy atom. The third kappa shape index (κ3) is 3.82. The molecule has 0 aromatic heterocycles. The van der Waals surface area contributed by atoms with Crippen LogP contribution in [0.2, 0.25) is 0 Å². The fourth-order valence-electron chi connectivity index (χ4n) is 3.90. The van der Waals surface area contributed by atoms with Gasteiger partial charge in [-0.3, -0.25) is 4.79 Å². The summed E-state index contributed by atoms with van der Waals surface area (Å²) in [5.41, 5.74) is 1.57. The van der Waals surface area contributed by atoms with Crippen molar-refractivity contribution in [1.82, 2.24) is 10.6 Å². The minimum Gasteiger partial charge on any atom is -0.355 e. The lowest BCUT2D eigenvalue weighted by atomic mass is 9.78. The number of rotatable bonds is 4. The Kier molecular flexibility index (Phi) is 6.27. The van der Waals surface area contributed by atoms with Crippen molar-refractivity contribution < 1.29 is 4.79 Å². The highest BCUT2D eigenvalue weighted by molar-refractivity contribution is 5.85. The number of piperidine rings is 1. The first-order valence-corrected chi connectivity index (χ1v) is 8.34. The molecule has 0 spiro atoms. The second kappa shape index (κ2) is 7.98. The number of nitrogens with one attached hydrogen (secondary N) is 2. The maximum atomic E-state index is 12.4. The van der Waals surface area contributed by atoms with Gasteiger partial charge in [0.2, 0.25) is 5.91 Å². The summed E-state index contributed by atoms with van der Waals surface area (Å²) in [7, 11) is 0. The Balaban J connectivity index is 0.00000176. The highest BCUT2D eigenvalue weighted by atomic mass is 35.5. The first-order valence-electron chi connectivity index (χ1n) is 8.34. The second-order valence-corrected chi connectivity index (χ2v) is 6.60. The maximum Gasteiger partial charge on any atom is 0.223 e. The fourth-order valence-corrected chi connectivity index (χ4v) is 3.90. The van der Waals surface area contributed by atoms with E-state index in [1.807, 2.05) is 0 Å². The van der Waals surface area contributed by atoms with Gasteiger partial charge in [-0.2, -0.15) is 0 Å². The van der Waals surface area contributed by atoms with Crippen LogP contribution in [0.4, 0.5) is 0 Å². The van der Waals surface area contributed by atoms with Gasteiger partial charge in [-0.1, -0.05) is 43.2 Å². The van der Waals surface area contributed by atoms with Crippen LogP contribution in [0.1, 0.15) is 44.1 Å². The molecule has 0 unspecified atom stereocenters. The maximum absolute atomic E-state index is 12.4. The lowest BCUT2D eigenvalue weighted by Crippen LogP contribution is -2.43. The molecule has 0 bridgehead atoms. The molecule has 1 amide bonds. The summed E-state index contributed by atoms with van der Waals surface area (Å²) < 4.78 is 0. The zero-order valence-electron chi connectivity index (χ0n) is 13.1. The van der Waals surface area contributed by atoms with Gasteiger partial charge in [0.15, 0.2) is 0 Å². The molecule has 3 nitrogen and oxygen atoms in total. The zero-order valence-corrected chi connectivity index (χ0v) is 14.0. The normalized spacial score (nSPS) is 21.1. The number of carbonyl (C=O) groups excluding carboxylic acids is 1. The highest BCUT2D eigenvalue weighted by Crippen LogP contribution is 2.40. The van der Waals surface area contributed by atoms with E-state index in [4.69, 9.17) is 0 Å². The van der Waals surface area contributed by atoms with Crippen LogP contribution >= 0.6 is 12.4 Å². The van der Waals surface area contributed by atoms with Crippen molar-refractivity contribution in [3.05, 3.63) is 35.9 Å². The lowest BCUT2D eigenvalue weighted by molar-refractivity contribution is -0.126. The predicted molar refractivity (Wildman–Crippen MR) is 92.4 cm³/mol. The molecule has 2 fully saturated rings. The quantitative estimate of drug-likeness (QED) is 0.894. The van der Waals surface area contributed by atoms with Gasteiger partial charge < -0.3 is 10.6 Å². The van der Waals surface area contributed by atoms with E-state index in [2.05, 4.69) is 41.0 Å². The molecule has 0 atom stereocenters. The summed E-state index contributed by atoms with van der Waals surface area (Å²) in [4.78, 5) is 12.4. The molecule has 1 saturated carbocycles. The van der Waals surface area contributed by atoms with Crippen molar-refractivity contribution in [3.8, 4) is 0 Å². The summed E-state index contributed by atoms with van der Waals surface area (Å²) in [6.45, 7) is 2.75. The van der Waals surface area contributed by atoms with Crippen molar-refractivity contribution in [2.75, 3.05) is 19.6 Å². The van der Waals surface area contributed by atoms with Crippen LogP contribution in [0.5, 0.6) is 0 Å². The monoisotopic (exact) mass is 322 g/mol.